The number of carboxylic acid groups (broad SMARTS) is 1. The second-order valence-corrected chi connectivity index (χ2v) is 6.53. The second-order valence-electron chi connectivity index (χ2n) is 4.08. The molecule has 106 valence electrons. The van der Waals surface area contributed by atoms with Gasteiger partial charge in [0.25, 0.3) is 0 Å². The van der Waals surface area contributed by atoms with E-state index in [9.17, 15) is 14.4 Å². The van der Waals surface area contributed by atoms with Crippen molar-refractivity contribution in [3.05, 3.63) is 24.5 Å². The number of aliphatic carboxylic acids is 1. The third-order valence-corrected chi connectivity index (χ3v) is 5.28. The summed E-state index contributed by atoms with van der Waals surface area (Å²) in [6, 6.07) is 3.59. The van der Waals surface area contributed by atoms with Gasteiger partial charge in [-0.1, -0.05) is 21.6 Å². The Morgan fingerprint density at radius 1 is 1.40 bits per heavy atom. The lowest BCUT2D eigenvalue weighted by Gasteiger charge is -2.23. The molecule has 20 heavy (non-hydrogen) atoms. The van der Waals surface area contributed by atoms with Crippen LogP contribution in [0.15, 0.2) is 29.4 Å². The Bertz CT molecular complexity index is 507. The monoisotopic (exact) mass is 312 g/mol. The molecule has 2 rings (SSSR count). The number of amides is 2. The summed E-state index contributed by atoms with van der Waals surface area (Å²) >= 11 is 0. The van der Waals surface area contributed by atoms with E-state index in [-0.39, 0.29) is 31.1 Å². The summed E-state index contributed by atoms with van der Waals surface area (Å²) in [6.07, 6.45) is 3.33. The van der Waals surface area contributed by atoms with Crippen molar-refractivity contribution in [2.75, 3.05) is 0 Å². The van der Waals surface area contributed by atoms with Crippen molar-refractivity contribution in [1.82, 2.24) is 9.88 Å². The Morgan fingerprint density at radius 2 is 2.10 bits per heavy atom. The molecule has 0 radical (unpaired) electrons. The Kier molecular flexibility index (Phi) is 5.02. The normalized spacial score (nSPS) is 16.5. The summed E-state index contributed by atoms with van der Waals surface area (Å²) in [5, 5.41) is 8.24. The number of imide groups is 1. The maximum Gasteiger partial charge on any atom is 0.306 e. The summed E-state index contributed by atoms with van der Waals surface area (Å²) in [5.74, 6) is -1.65. The van der Waals surface area contributed by atoms with Gasteiger partial charge in [0.05, 0.1) is 6.42 Å². The Morgan fingerprint density at radius 3 is 2.65 bits per heavy atom. The minimum atomic E-state index is -1.04. The number of carbonyl (C=O) groups excluding carboxylic acids is 2. The average molecular weight is 312 g/mol. The van der Waals surface area contributed by atoms with E-state index in [4.69, 9.17) is 5.11 Å². The van der Waals surface area contributed by atoms with E-state index in [0.717, 1.165) is 9.80 Å². The lowest BCUT2D eigenvalue weighted by atomic mass is 10.4. The molecule has 0 aromatic carbocycles. The van der Waals surface area contributed by atoms with Gasteiger partial charge in [0.2, 0.25) is 11.8 Å². The second kappa shape index (κ2) is 6.76. The predicted molar refractivity (Wildman–Crippen MR) is 74.8 cm³/mol. The van der Waals surface area contributed by atoms with Crippen LogP contribution in [0, 0.1) is 0 Å². The zero-order valence-electron chi connectivity index (χ0n) is 10.4. The van der Waals surface area contributed by atoms with Gasteiger partial charge < -0.3 is 5.11 Å². The van der Waals surface area contributed by atoms with Crippen LogP contribution in [0.25, 0.3) is 0 Å². The van der Waals surface area contributed by atoms with Crippen LogP contribution in [0.1, 0.15) is 19.3 Å². The van der Waals surface area contributed by atoms with Crippen molar-refractivity contribution < 1.29 is 19.5 Å². The van der Waals surface area contributed by atoms with E-state index in [1.165, 1.54) is 21.6 Å². The molecule has 2 amide bonds. The zero-order chi connectivity index (χ0) is 14.5. The SMILES string of the molecule is O=C(O)CC(SSc1cccnc1)N1C(=O)CCC1=O. The van der Waals surface area contributed by atoms with E-state index in [1.54, 1.807) is 18.5 Å². The number of aromatic nitrogens is 1. The molecule has 1 atom stereocenters. The number of rotatable bonds is 6. The number of hydrogen-bond donors (Lipinski definition) is 1. The highest BCUT2D eigenvalue weighted by Crippen LogP contribution is 2.38. The van der Waals surface area contributed by atoms with Gasteiger partial charge in [0.1, 0.15) is 5.37 Å². The Labute approximate surface area is 123 Å². The molecule has 0 bridgehead atoms. The van der Waals surface area contributed by atoms with Crippen LogP contribution < -0.4 is 0 Å². The van der Waals surface area contributed by atoms with Crippen LogP contribution in [0.4, 0.5) is 0 Å². The number of carbonyl (C=O) groups is 3. The van der Waals surface area contributed by atoms with Crippen LogP contribution >= 0.6 is 21.6 Å². The first-order chi connectivity index (χ1) is 9.58. The number of pyridine rings is 1. The van der Waals surface area contributed by atoms with Gasteiger partial charge in [-0.3, -0.25) is 24.3 Å². The molecule has 1 aliphatic heterocycles. The summed E-state index contributed by atoms with van der Waals surface area (Å²) < 4.78 is 0. The van der Waals surface area contributed by atoms with Gasteiger partial charge in [0.15, 0.2) is 0 Å². The summed E-state index contributed by atoms with van der Waals surface area (Å²) in [5.41, 5.74) is 0. The van der Waals surface area contributed by atoms with Gasteiger partial charge >= 0.3 is 5.97 Å². The maximum absolute atomic E-state index is 11.7. The third-order valence-electron chi connectivity index (χ3n) is 2.62. The lowest BCUT2D eigenvalue weighted by molar-refractivity contribution is -0.141. The highest BCUT2D eigenvalue weighted by Gasteiger charge is 2.36. The van der Waals surface area contributed by atoms with Crippen molar-refractivity contribution in [2.45, 2.75) is 29.5 Å². The molecule has 8 heteroatoms. The summed E-state index contributed by atoms with van der Waals surface area (Å²) in [4.78, 5) is 40.2. The predicted octanol–water partition coefficient (Wildman–Crippen LogP) is 1.77. The smallest absolute Gasteiger partial charge is 0.306 e. The first kappa shape index (κ1) is 14.9. The van der Waals surface area contributed by atoms with Crippen molar-refractivity contribution >= 4 is 39.4 Å². The fourth-order valence-electron chi connectivity index (χ4n) is 1.74. The molecule has 0 aliphatic carbocycles. The minimum Gasteiger partial charge on any atom is -0.481 e. The fourth-order valence-corrected chi connectivity index (χ4v) is 4.16. The molecule has 0 saturated carbocycles. The third kappa shape index (κ3) is 3.73. The van der Waals surface area contributed by atoms with Crippen molar-refractivity contribution in [1.29, 1.82) is 0 Å². The molecule has 6 nitrogen and oxygen atoms in total. The summed E-state index contributed by atoms with van der Waals surface area (Å²) in [7, 11) is 2.49. The van der Waals surface area contributed by atoms with E-state index in [2.05, 4.69) is 4.98 Å². The van der Waals surface area contributed by atoms with Gasteiger partial charge in [-0.15, -0.1) is 0 Å². The fraction of sp³-hybridized carbons (Fsp3) is 0.333. The van der Waals surface area contributed by atoms with E-state index < -0.39 is 11.3 Å². The minimum absolute atomic E-state index is 0.160. The first-order valence-electron chi connectivity index (χ1n) is 5.88. The molecular formula is C12H12N2O4S2. The quantitative estimate of drug-likeness (QED) is 0.632. The highest BCUT2D eigenvalue weighted by atomic mass is 33.1. The molecule has 1 N–H and O–H groups in total. The number of likely N-dealkylation sites (tertiary alicyclic amines) is 1. The molecule has 1 saturated heterocycles. The van der Waals surface area contributed by atoms with Crippen molar-refractivity contribution in [2.24, 2.45) is 0 Å². The molecule has 2 heterocycles. The molecule has 1 fully saturated rings. The molecule has 0 spiro atoms. The Hall–Kier alpha value is -1.54. The molecule has 1 aromatic heterocycles. The highest BCUT2D eigenvalue weighted by molar-refractivity contribution is 8.76. The number of hydrogen-bond acceptors (Lipinski definition) is 6. The van der Waals surface area contributed by atoms with Crippen LogP contribution in [0.2, 0.25) is 0 Å². The van der Waals surface area contributed by atoms with Gasteiger partial charge in [-0.2, -0.15) is 0 Å². The van der Waals surface area contributed by atoms with Crippen LogP contribution in [-0.4, -0.2) is 38.1 Å². The van der Waals surface area contributed by atoms with Crippen molar-refractivity contribution in [3.63, 3.8) is 0 Å². The molecular weight excluding hydrogens is 300 g/mol. The van der Waals surface area contributed by atoms with Gasteiger partial charge in [0, 0.05) is 30.1 Å². The van der Waals surface area contributed by atoms with Crippen molar-refractivity contribution in [3.8, 4) is 0 Å². The first-order valence-corrected chi connectivity index (χ1v) is 8.09. The maximum atomic E-state index is 11.7. The zero-order valence-corrected chi connectivity index (χ0v) is 12.0. The summed E-state index contributed by atoms with van der Waals surface area (Å²) in [6.45, 7) is 0. The van der Waals surface area contributed by atoms with E-state index >= 15 is 0 Å². The lowest BCUT2D eigenvalue weighted by Crippen LogP contribution is -2.38. The standard InChI is InChI=1S/C12H12N2O4S2/c15-9-3-4-10(16)14(9)11(6-12(17)18)20-19-8-2-1-5-13-7-8/h1-2,5,7,11H,3-4,6H2,(H,17,18). The van der Waals surface area contributed by atoms with Crippen LogP contribution in [0.3, 0.4) is 0 Å². The molecule has 1 unspecified atom stereocenters. The Balaban J connectivity index is 2.05. The van der Waals surface area contributed by atoms with Gasteiger partial charge in [-0.25, -0.2) is 0 Å². The number of carboxylic acids is 1. The molecule has 1 aromatic rings. The van der Waals surface area contributed by atoms with Gasteiger partial charge in [-0.05, 0) is 12.1 Å². The molecule has 1 aliphatic rings. The average Bonchev–Trinajstić information content (AvgIpc) is 2.75. The number of nitrogens with zero attached hydrogens (tertiary/aromatic N) is 2. The van der Waals surface area contributed by atoms with Crippen LogP contribution in [-0.2, 0) is 14.4 Å². The van der Waals surface area contributed by atoms with E-state index in [0.29, 0.717) is 0 Å². The van der Waals surface area contributed by atoms with Crippen LogP contribution in [0.5, 0.6) is 0 Å². The topological polar surface area (TPSA) is 87.6 Å². The van der Waals surface area contributed by atoms with E-state index in [1.807, 2.05) is 6.07 Å². The largest absolute Gasteiger partial charge is 0.481 e.